The second-order valence-electron chi connectivity index (χ2n) is 9.48. The molecule has 1 fully saturated rings. The molecular weight excluding hydrogens is 441 g/mol. The molecule has 0 bridgehead atoms. The molecule has 1 saturated carbocycles. The quantitative estimate of drug-likeness (QED) is 0.285. The van der Waals surface area contributed by atoms with Crippen molar-refractivity contribution in [1.82, 2.24) is 0 Å². The standard InChI is InChI=1S/C32H33F3/c1-3-5-6-7-8-26-17-20-29(32(35)31(26)34)25-15-13-24(14-16-25)28-19-18-27(21-30(28)33)23-11-9-22(4-2)10-12-23/h4-6,13-23H,2-3,7-12H2,1H3/b6-5+. The van der Waals surface area contributed by atoms with E-state index in [1.807, 2.05) is 37.3 Å². The molecule has 0 aliphatic heterocycles. The van der Waals surface area contributed by atoms with Crippen LogP contribution >= 0.6 is 0 Å². The molecule has 4 rings (SSSR count). The predicted molar refractivity (Wildman–Crippen MR) is 140 cm³/mol. The maximum absolute atomic E-state index is 15.0. The summed E-state index contributed by atoms with van der Waals surface area (Å²) >= 11 is 0. The van der Waals surface area contributed by atoms with E-state index in [1.165, 1.54) is 0 Å². The highest BCUT2D eigenvalue weighted by molar-refractivity contribution is 5.71. The van der Waals surface area contributed by atoms with E-state index in [1.54, 1.807) is 42.5 Å². The minimum Gasteiger partial charge on any atom is -0.206 e. The SMILES string of the molecule is C=CC1CCC(c2ccc(-c3ccc(-c4ccc(CC/C=C/CC)c(F)c4F)cc3)c(F)c2)CC1. The zero-order valence-corrected chi connectivity index (χ0v) is 20.4. The van der Waals surface area contributed by atoms with E-state index in [4.69, 9.17) is 0 Å². The molecule has 1 aliphatic rings. The van der Waals surface area contributed by atoms with Crippen LogP contribution in [0.15, 0.2) is 79.4 Å². The smallest absolute Gasteiger partial charge is 0.166 e. The highest BCUT2D eigenvalue weighted by Gasteiger charge is 2.21. The van der Waals surface area contributed by atoms with Crippen molar-refractivity contribution in [3.8, 4) is 22.3 Å². The fourth-order valence-corrected chi connectivity index (χ4v) is 5.07. The molecule has 0 radical (unpaired) electrons. The normalized spacial score (nSPS) is 18.2. The summed E-state index contributed by atoms with van der Waals surface area (Å²) in [5.41, 5.74) is 3.44. The second kappa shape index (κ2) is 11.6. The lowest BCUT2D eigenvalue weighted by Gasteiger charge is -2.27. The van der Waals surface area contributed by atoms with Gasteiger partial charge in [-0.25, -0.2) is 13.2 Å². The number of hydrogen-bond donors (Lipinski definition) is 0. The molecule has 0 saturated heterocycles. The van der Waals surface area contributed by atoms with Crippen LogP contribution in [0.2, 0.25) is 0 Å². The van der Waals surface area contributed by atoms with Gasteiger partial charge in [0.05, 0.1) is 0 Å². The van der Waals surface area contributed by atoms with Gasteiger partial charge in [0.15, 0.2) is 11.6 Å². The van der Waals surface area contributed by atoms with Crippen molar-refractivity contribution in [2.24, 2.45) is 5.92 Å². The molecule has 0 N–H and O–H groups in total. The first-order valence-electron chi connectivity index (χ1n) is 12.7. The van der Waals surface area contributed by atoms with Gasteiger partial charge in [-0.15, -0.1) is 6.58 Å². The van der Waals surface area contributed by atoms with E-state index in [2.05, 4.69) is 6.58 Å². The molecule has 182 valence electrons. The van der Waals surface area contributed by atoms with E-state index >= 15 is 4.39 Å². The average Bonchev–Trinajstić information content (AvgIpc) is 2.89. The molecule has 3 aromatic rings. The van der Waals surface area contributed by atoms with Gasteiger partial charge in [0, 0.05) is 11.1 Å². The van der Waals surface area contributed by atoms with Crippen molar-refractivity contribution < 1.29 is 13.2 Å². The Morgan fingerprint density at radius 3 is 2.09 bits per heavy atom. The molecule has 0 amide bonds. The van der Waals surface area contributed by atoms with Crippen molar-refractivity contribution in [3.05, 3.63) is 108 Å². The van der Waals surface area contributed by atoms with Crippen molar-refractivity contribution >= 4 is 0 Å². The van der Waals surface area contributed by atoms with E-state index in [0.29, 0.717) is 46.9 Å². The monoisotopic (exact) mass is 474 g/mol. The molecule has 0 spiro atoms. The predicted octanol–water partition coefficient (Wildman–Crippen LogP) is 9.80. The van der Waals surface area contributed by atoms with E-state index < -0.39 is 11.6 Å². The molecule has 0 unspecified atom stereocenters. The zero-order valence-electron chi connectivity index (χ0n) is 20.4. The van der Waals surface area contributed by atoms with E-state index in [9.17, 15) is 8.78 Å². The average molecular weight is 475 g/mol. The van der Waals surface area contributed by atoms with Gasteiger partial charge in [-0.05, 0) is 85.1 Å². The number of hydrogen-bond acceptors (Lipinski definition) is 0. The lowest BCUT2D eigenvalue weighted by atomic mass is 9.78. The van der Waals surface area contributed by atoms with Gasteiger partial charge in [-0.3, -0.25) is 0 Å². The summed E-state index contributed by atoms with van der Waals surface area (Å²) in [6.45, 7) is 5.93. The molecule has 0 nitrogen and oxygen atoms in total. The third-order valence-corrected chi connectivity index (χ3v) is 7.22. The van der Waals surface area contributed by atoms with Crippen LogP contribution in [-0.2, 0) is 6.42 Å². The molecule has 0 heterocycles. The Labute approximate surface area is 207 Å². The molecule has 35 heavy (non-hydrogen) atoms. The van der Waals surface area contributed by atoms with Crippen molar-refractivity contribution in [2.45, 2.75) is 57.8 Å². The van der Waals surface area contributed by atoms with Crippen molar-refractivity contribution in [1.29, 1.82) is 0 Å². The summed E-state index contributed by atoms with van der Waals surface area (Å²) in [5.74, 6) is -0.913. The lowest BCUT2D eigenvalue weighted by Crippen LogP contribution is -2.11. The molecule has 3 heteroatoms. The minimum absolute atomic E-state index is 0.216. The number of benzene rings is 3. The Kier molecular flexibility index (Phi) is 8.28. The van der Waals surface area contributed by atoms with Gasteiger partial charge in [0.1, 0.15) is 5.82 Å². The van der Waals surface area contributed by atoms with Crippen LogP contribution in [0.3, 0.4) is 0 Å². The fourth-order valence-electron chi connectivity index (χ4n) is 5.07. The highest BCUT2D eigenvalue weighted by Crippen LogP contribution is 2.38. The largest absolute Gasteiger partial charge is 0.206 e. The molecule has 0 aromatic heterocycles. The van der Waals surface area contributed by atoms with Gasteiger partial charge in [-0.1, -0.05) is 73.7 Å². The van der Waals surface area contributed by atoms with Crippen LogP contribution in [-0.4, -0.2) is 0 Å². The van der Waals surface area contributed by atoms with Crippen LogP contribution in [0.25, 0.3) is 22.3 Å². The Balaban J connectivity index is 1.49. The maximum Gasteiger partial charge on any atom is 0.166 e. The molecule has 3 aromatic carbocycles. The Bertz CT molecular complexity index is 1180. The summed E-state index contributed by atoms with van der Waals surface area (Å²) in [7, 11) is 0. The Morgan fingerprint density at radius 1 is 0.800 bits per heavy atom. The topological polar surface area (TPSA) is 0 Å². The van der Waals surface area contributed by atoms with Crippen molar-refractivity contribution in [2.75, 3.05) is 0 Å². The van der Waals surface area contributed by atoms with Crippen molar-refractivity contribution in [3.63, 3.8) is 0 Å². The van der Waals surface area contributed by atoms with Gasteiger partial charge < -0.3 is 0 Å². The number of rotatable bonds is 8. The number of allylic oxidation sites excluding steroid dienone is 3. The summed E-state index contributed by atoms with van der Waals surface area (Å²) in [6, 6.07) is 15.8. The van der Waals surface area contributed by atoms with E-state index in [-0.39, 0.29) is 11.4 Å². The summed E-state index contributed by atoms with van der Waals surface area (Å²) in [6.07, 6.45) is 12.4. The first-order valence-corrected chi connectivity index (χ1v) is 12.7. The lowest BCUT2D eigenvalue weighted by molar-refractivity contribution is 0.375. The molecular formula is C32H33F3. The molecule has 0 atom stereocenters. The third-order valence-electron chi connectivity index (χ3n) is 7.22. The molecule has 1 aliphatic carbocycles. The Hall–Kier alpha value is -3.07. The zero-order chi connectivity index (χ0) is 24.8. The number of halogens is 3. The third kappa shape index (κ3) is 5.78. The second-order valence-corrected chi connectivity index (χ2v) is 9.48. The first-order chi connectivity index (χ1) is 17.0. The van der Waals surface area contributed by atoms with Gasteiger partial charge in [0.2, 0.25) is 0 Å². The van der Waals surface area contributed by atoms with Crippen LogP contribution < -0.4 is 0 Å². The highest BCUT2D eigenvalue weighted by atomic mass is 19.2. The van der Waals surface area contributed by atoms with Gasteiger partial charge in [-0.2, -0.15) is 0 Å². The first kappa shape index (κ1) is 25.0. The van der Waals surface area contributed by atoms with Crippen LogP contribution in [0, 0.1) is 23.4 Å². The fraction of sp³-hybridized carbons (Fsp3) is 0.312. The van der Waals surface area contributed by atoms with Crippen LogP contribution in [0.4, 0.5) is 13.2 Å². The summed E-state index contributed by atoms with van der Waals surface area (Å²) < 4.78 is 44.5. The minimum atomic E-state index is -0.837. The summed E-state index contributed by atoms with van der Waals surface area (Å²) in [4.78, 5) is 0. The Morgan fingerprint density at radius 2 is 1.46 bits per heavy atom. The van der Waals surface area contributed by atoms with Gasteiger partial charge in [0.25, 0.3) is 0 Å². The van der Waals surface area contributed by atoms with Crippen LogP contribution in [0.1, 0.15) is 62.5 Å². The van der Waals surface area contributed by atoms with Gasteiger partial charge >= 0.3 is 0 Å². The van der Waals surface area contributed by atoms with Crippen LogP contribution in [0.5, 0.6) is 0 Å². The van der Waals surface area contributed by atoms with E-state index in [0.717, 1.165) is 37.7 Å². The maximum atomic E-state index is 15.0. The number of aryl methyl sites for hydroxylation is 1. The summed E-state index contributed by atoms with van der Waals surface area (Å²) in [5, 5.41) is 0.